The van der Waals surface area contributed by atoms with Gasteiger partial charge in [-0.05, 0) is 18.2 Å². The van der Waals surface area contributed by atoms with Crippen LogP contribution in [-0.4, -0.2) is 20.4 Å². The molecule has 1 heterocycles. The average Bonchev–Trinajstić information content (AvgIpc) is 2.18. The Bertz CT molecular complexity index is 428. The first-order valence-electron chi connectivity index (χ1n) is 3.72. The number of nitrogens with zero attached hydrogens (tertiary/aromatic N) is 4. The Morgan fingerprint density at radius 1 is 1.07 bits per heavy atom. The minimum absolute atomic E-state index is 0.244. The summed E-state index contributed by atoms with van der Waals surface area (Å²) in [4.78, 5) is 0. The number of hydrogen-bond donors (Lipinski definition) is 0. The summed E-state index contributed by atoms with van der Waals surface area (Å²) in [6.07, 6.45) is 1.20. The lowest BCUT2D eigenvalue weighted by molar-refractivity contribution is 0.628. The quantitative estimate of drug-likeness (QED) is 0.719. The molecule has 0 aliphatic rings. The summed E-state index contributed by atoms with van der Waals surface area (Å²) in [5.74, 6) is -0.200. The van der Waals surface area contributed by atoms with E-state index in [4.69, 9.17) is 11.6 Å². The van der Waals surface area contributed by atoms with Gasteiger partial charge in [0.15, 0.2) is 6.33 Å². The molecular weight excluding hydrogens is 207 g/mol. The Morgan fingerprint density at radius 3 is 2.43 bits per heavy atom. The van der Waals surface area contributed by atoms with Crippen LogP contribution in [-0.2, 0) is 0 Å². The molecule has 0 fully saturated rings. The van der Waals surface area contributed by atoms with Crippen molar-refractivity contribution in [2.24, 2.45) is 0 Å². The molecule has 6 heteroatoms. The highest BCUT2D eigenvalue weighted by molar-refractivity contribution is 6.30. The zero-order chi connectivity index (χ0) is 9.97. The van der Waals surface area contributed by atoms with Crippen LogP contribution < -0.4 is 0 Å². The zero-order valence-electron chi connectivity index (χ0n) is 6.85. The molecule has 0 spiro atoms. The Labute approximate surface area is 83.8 Å². The maximum Gasteiger partial charge on any atom is 0.203 e. The fraction of sp³-hybridized carbons (Fsp3) is 0. The summed E-state index contributed by atoms with van der Waals surface area (Å²) in [7, 11) is 0. The molecule has 14 heavy (non-hydrogen) atoms. The van der Waals surface area contributed by atoms with E-state index in [1.165, 1.54) is 18.5 Å². The molecule has 0 aliphatic carbocycles. The molecule has 0 saturated carbocycles. The van der Waals surface area contributed by atoms with Gasteiger partial charge in [-0.3, -0.25) is 0 Å². The van der Waals surface area contributed by atoms with Crippen LogP contribution >= 0.6 is 11.6 Å². The summed E-state index contributed by atoms with van der Waals surface area (Å²) in [5.41, 5.74) is 0.454. The lowest BCUT2D eigenvalue weighted by Gasteiger charge is -1.98. The monoisotopic (exact) mass is 210 g/mol. The van der Waals surface area contributed by atoms with Gasteiger partial charge in [0.25, 0.3) is 0 Å². The highest BCUT2D eigenvalue weighted by Gasteiger charge is 2.04. The van der Waals surface area contributed by atoms with Crippen LogP contribution in [0.25, 0.3) is 11.4 Å². The van der Waals surface area contributed by atoms with Gasteiger partial charge in [0, 0.05) is 10.6 Å². The standard InChI is InChI=1S/C8H4ClFN4/c9-6-1-5(2-7(10)3-6)8-13-11-4-12-14-8/h1-4H. The smallest absolute Gasteiger partial charge is 0.203 e. The van der Waals surface area contributed by atoms with Crippen LogP contribution in [0.4, 0.5) is 4.39 Å². The van der Waals surface area contributed by atoms with E-state index < -0.39 is 5.82 Å². The molecule has 2 aromatic rings. The van der Waals surface area contributed by atoms with Crippen molar-refractivity contribution in [1.29, 1.82) is 0 Å². The third-order valence-electron chi connectivity index (χ3n) is 1.53. The fourth-order valence-corrected chi connectivity index (χ4v) is 1.22. The fourth-order valence-electron chi connectivity index (χ4n) is 1.00. The van der Waals surface area contributed by atoms with Crippen molar-refractivity contribution in [2.45, 2.75) is 0 Å². The van der Waals surface area contributed by atoms with Gasteiger partial charge in [-0.1, -0.05) is 11.6 Å². The molecule has 0 N–H and O–H groups in total. The van der Waals surface area contributed by atoms with Crippen molar-refractivity contribution in [3.8, 4) is 11.4 Å². The largest absolute Gasteiger partial charge is 0.207 e. The third kappa shape index (κ3) is 1.82. The predicted molar refractivity (Wildman–Crippen MR) is 48.0 cm³/mol. The molecule has 0 unspecified atom stereocenters. The first kappa shape index (κ1) is 8.96. The highest BCUT2D eigenvalue weighted by Crippen LogP contribution is 2.20. The summed E-state index contributed by atoms with van der Waals surface area (Å²) in [5, 5.41) is 14.7. The molecule has 0 radical (unpaired) electrons. The van der Waals surface area contributed by atoms with E-state index in [2.05, 4.69) is 20.4 Å². The van der Waals surface area contributed by atoms with E-state index in [1.807, 2.05) is 0 Å². The van der Waals surface area contributed by atoms with Crippen molar-refractivity contribution in [3.63, 3.8) is 0 Å². The molecular formula is C8H4ClFN4. The summed E-state index contributed by atoms with van der Waals surface area (Å²) >= 11 is 5.66. The van der Waals surface area contributed by atoms with Crippen molar-refractivity contribution in [1.82, 2.24) is 20.4 Å². The molecule has 1 aromatic carbocycles. The first-order valence-corrected chi connectivity index (χ1v) is 4.10. The van der Waals surface area contributed by atoms with Gasteiger partial charge in [-0.2, -0.15) is 0 Å². The van der Waals surface area contributed by atoms with Crippen LogP contribution in [0.3, 0.4) is 0 Å². The summed E-state index contributed by atoms with van der Waals surface area (Å²) in [6.45, 7) is 0. The van der Waals surface area contributed by atoms with Gasteiger partial charge in [0.2, 0.25) is 5.82 Å². The lowest BCUT2D eigenvalue weighted by Crippen LogP contribution is -1.94. The van der Waals surface area contributed by atoms with E-state index in [-0.39, 0.29) is 10.8 Å². The average molecular weight is 211 g/mol. The van der Waals surface area contributed by atoms with Gasteiger partial charge in [-0.25, -0.2) is 4.39 Å². The van der Waals surface area contributed by atoms with Gasteiger partial charge in [0.05, 0.1) is 0 Å². The second kappa shape index (κ2) is 3.63. The van der Waals surface area contributed by atoms with Gasteiger partial charge in [0.1, 0.15) is 5.82 Å². The first-order chi connectivity index (χ1) is 6.75. The van der Waals surface area contributed by atoms with Crippen molar-refractivity contribution < 1.29 is 4.39 Å². The van der Waals surface area contributed by atoms with Crippen LogP contribution in [0.1, 0.15) is 0 Å². The van der Waals surface area contributed by atoms with Gasteiger partial charge >= 0.3 is 0 Å². The maximum atomic E-state index is 12.9. The number of benzene rings is 1. The molecule has 0 aliphatic heterocycles. The summed E-state index contributed by atoms with van der Waals surface area (Å²) in [6, 6.07) is 4.02. The van der Waals surface area contributed by atoms with Crippen LogP contribution in [0.15, 0.2) is 24.5 Å². The lowest BCUT2D eigenvalue weighted by atomic mass is 10.2. The van der Waals surface area contributed by atoms with Crippen LogP contribution in [0, 0.1) is 5.82 Å². The number of rotatable bonds is 1. The van der Waals surface area contributed by atoms with E-state index in [0.717, 1.165) is 0 Å². The molecule has 0 atom stereocenters. The second-order valence-electron chi connectivity index (χ2n) is 2.53. The SMILES string of the molecule is Fc1cc(Cl)cc(-c2nncnn2)c1. The van der Waals surface area contributed by atoms with Crippen molar-refractivity contribution in [3.05, 3.63) is 35.4 Å². The number of hydrogen-bond acceptors (Lipinski definition) is 4. The Morgan fingerprint density at radius 2 is 1.79 bits per heavy atom. The highest BCUT2D eigenvalue weighted by atomic mass is 35.5. The normalized spacial score (nSPS) is 10.1. The second-order valence-corrected chi connectivity index (χ2v) is 2.96. The molecule has 0 bridgehead atoms. The Balaban J connectivity index is 2.52. The Kier molecular flexibility index (Phi) is 2.32. The molecule has 4 nitrogen and oxygen atoms in total. The number of aromatic nitrogens is 4. The van der Waals surface area contributed by atoms with Crippen LogP contribution in [0.2, 0.25) is 5.02 Å². The van der Waals surface area contributed by atoms with E-state index >= 15 is 0 Å². The topological polar surface area (TPSA) is 51.6 Å². The van der Waals surface area contributed by atoms with Crippen molar-refractivity contribution in [2.75, 3.05) is 0 Å². The number of halogens is 2. The van der Waals surface area contributed by atoms with Crippen LogP contribution in [0.5, 0.6) is 0 Å². The molecule has 70 valence electrons. The van der Waals surface area contributed by atoms with Gasteiger partial charge in [-0.15, -0.1) is 20.4 Å². The van der Waals surface area contributed by atoms with E-state index in [0.29, 0.717) is 5.56 Å². The predicted octanol–water partition coefficient (Wildman–Crippen LogP) is 1.73. The summed E-state index contributed by atoms with van der Waals surface area (Å²) < 4.78 is 12.9. The maximum absolute atomic E-state index is 12.9. The minimum Gasteiger partial charge on any atom is -0.207 e. The molecule has 0 amide bonds. The molecule has 1 aromatic heterocycles. The third-order valence-corrected chi connectivity index (χ3v) is 1.75. The van der Waals surface area contributed by atoms with E-state index in [9.17, 15) is 4.39 Å². The zero-order valence-corrected chi connectivity index (χ0v) is 7.61. The van der Waals surface area contributed by atoms with Gasteiger partial charge < -0.3 is 0 Å². The van der Waals surface area contributed by atoms with E-state index in [1.54, 1.807) is 6.07 Å². The molecule has 0 saturated heterocycles. The Hall–Kier alpha value is -1.62. The molecule has 2 rings (SSSR count). The minimum atomic E-state index is -0.444. The van der Waals surface area contributed by atoms with Crippen molar-refractivity contribution >= 4 is 11.6 Å².